The van der Waals surface area contributed by atoms with Crippen LogP contribution in [0.15, 0.2) is 43.0 Å². The Labute approximate surface area is 138 Å². The fourth-order valence-electron chi connectivity index (χ4n) is 3.14. The molecule has 1 aliphatic heterocycles. The topological polar surface area (TPSA) is 46.6 Å². The molecule has 1 unspecified atom stereocenters. The van der Waals surface area contributed by atoms with Gasteiger partial charge in [-0.05, 0) is 39.2 Å². The van der Waals surface area contributed by atoms with Crippen LogP contribution in [-0.4, -0.2) is 35.0 Å². The quantitative estimate of drug-likeness (QED) is 0.599. The van der Waals surface area contributed by atoms with Crippen molar-refractivity contribution in [1.82, 2.24) is 4.90 Å². The first-order chi connectivity index (χ1) is 10.9. The van der Waals surface area contributed by atoms with Crippen LogP contribution < -0.4 is 0 Å². The maximum atomic E-state index is 13.0. The molecule has 1 heterocycles. The number of benzene rings is 1. The third kappa shape index (κ3) is 3.88. The molecule has 1 aliphatic rings. The van der Waals surface area contributed by atoms with Gasteiger partial charge in [-0.15, -0.1) is 6.58 Å². The summed E-state index contributed by atoms with van der Waals surface area (Å²) < 4.78 is 5.83. The van der Waals surface area contributed by atoms with Crippen molar-refractivity contribution in [3.8, 4) is 0 Å². The first-order valence-electron chi connectivity index (χ1n) is 7.99. The SMILES string of the molecule is C=CCC(C(C)=O)C(=O)N1[C@@H](Cc2ccccc2)COC1(C)C. The Hall–Kier alpha value is -1.94. The lowest BCUT2D eigenvalue weighted by molar-refractivity contribution is -0.153. The Bertz CT molecular complexity index is 580. The number of carbonyl (C=O) groups excluding carboxylic acids is 2. The van der Waals surface area contributed by atoms with E-state index in [1.165, 1.54) is 6.92 Å². The molecular formula is C19H25NO3. The van der Waals surface area contributed by atoms with E-state index in [9.17, 15) is 9.59 Å². The van der Waals surface area contributed by atoms with E-state index in [2.05, 4.69) is 6.58 Å². The highest BCUT2D eigenvalue weighted by atomic mass is 16.5. The largest absolute Gasteiger partial charge is 0.354 e. The highest BCUT2D eigenvalue weighted by Crippen LogP contribution is 2.31. The average Bonchev–Trinajstić information content (AvgIpc) is 2.79. The van der Waals surface area contributed by atoms with Crippen molar-refractivity contribution < 1.29 is 14.3 Å². The predicted octanol–water partition coefficient (Wildman–Crippen LogP) is 2.97. The number of nitrogens with zero attached hydrogens (tertiary/aromatic N) is 1. The van der Waals surface area contributed by atoms with Gasteiger partial charge in [-0.25, -0.2) is 0 Å². The molecule has 0 radical (unpaired) electrons. The molecule has 0 aromatic heterocycles. The normalized spacial score (nSPS) is 21.0. The van der Waals surface area contributed by atoms with Gasteiger partial charge in [-0.1, -0.05) is 36.4 Å². The molecule has 23 heavy (non-hydrogen) atoms. The molecule has 0 bridgehead atoms. The molecule has 0 saturated carbocycles. The number of rotatable bonds is 6. The van der Waals surface area contributed by atoms with Crippen LogP contribution in [0, 0.1) is 5.92 Å². The first-order valence-corrected chi connectivity index (χ1v) is 7.99. The zero-order valence-electron chi connectivity index (χ0n) is 14.1. The Morgan fingerprint density at radius 3 is 2.61 bits per heavy atom. The summed E-state index contributed by atoms with van der Waals surface area (Å²) in [6.07, 6.45) is 2.70. The second-order valence-electron chi connectivity index (χ2n) is 6.50. The van der Waals surface area contributed by atoms with Gasteiger partial charge in [0.25, 0.3) is 0 Å². The second kappa shape index (κ2) is 7.09. The van der Waals surface area contributed by atoms with Crippen LogP contribution in [-0.2, 0) is 20.7 Å². The number of Topliss-reactive ketones (excluding diaryl/α,β-unsaturated/α-hetero) is 1. The summed E-state index contributed by atoms with van der Waals surface area (Å²) in [5.41, 5.74) is 0.450. The summed E-state index contributed by atoms with van der Waals surface area (Å²) in [7, 11) is 0. The Kier molecular flexibility index (Phi) is 5.37. The van der Waals surface area contributed by atoms with Crippen molar-refractivity contribution >= 4 is 11.7 Å². The minimum atomic E-state index is -0.703. The van der Waals surface area contributed by atoms with Gasteiger partial charge < -0.3 is 9.64 Å². The van der Waals surface area contributed by atoms with Gasteiger partial charge in [-0.2, -0.15) is 0 Å². The van der Waals surface area contributed by atoms with E-state index in [0.29, 0.717) is 19.4 Å². The number of ketones is 1. The molecule has 1 saturated heterocycles. The maximum absolute atomic E-state index is 13.0. The minimum absolute atomic E-state index is 0.0634. The van der Waals surface area contributed by atoms with Crippen molar-refractivity contribution in [2.75, 3.05) is 6.61 Å². The number of ether oxygens (including phenoxy) is 1. The van der Waals surface area contributed by atoms with Gasteiger partial charge >= 0.3 is 0 Å². The van der Waals surface area contributed by atoms with Crippen LogP contribution in [0.3, 0.4) is 0 Å². The van der Waals surface area contributed by atoms with E-state index in [4.69, 9.17) is 4.74 Å². The molecule has 0 N–H and O–H groups in total. The molecule has 1 aromatic rings. The van der Waals surface area contributed by atoms with Crippen LogP contribution in [0.2, 0.25) is 0 Å². The Balaban J connectivity index is 2.24. The molecule has 1 fully saturated rings. The fraction of sp³-hybridized carbons (Fsp3) is 0.474. The summed E-state index contributed by atoms with van der Waals surface area (Å²) in [6, 6.07) is 9.96. The molecule has 4 heteroatoms. The molecule has 1 amide bonds. The van der Waals surface area contributed by atoms with Crippen LogP contribution in [0.25, 0.3) is 0 Å². The predicted molar refractivity (Wildman–Crippen MR) is 89.8 cm³/mol. The standard InChI is InChI=1S/C19H25NO3/c1-5-9-17(14(2)21)18(22)20-16(13-23-19(20,3)4)12-15-10-7-6-8-11-15/h5-8,10-11,16-17H,1,9,12-13H2,2-4H3/t16-,17?/m0/s1. The van der Waals surface area contributed by atoms with Crippen LogP contribution in [0.5, 0.6) is 0 Å². The lowest BCUT2D eigenvalue weighted by Crippen LogP contribution is -2.52. The monoisotopic (exact) mass is 315 g/mol. The van der Waals surface area contributed by atoms with Gasteiger partial charge in [-0.3, -0.25) is 9.59 Å². The third-order valence-corrected chi connectivity index (χ3v) is 4.32. The Morgan fingerprint density at radius 2 is 2.04 bits per heavy atom. The summed E-state index contributed by atoms with van der Waals surface area (Å²) in [6.45, 7) is 9.35. The molecule has 1 aromatic carbocycles. The van der Waals surface area contributed by atoms with E-state index in [0.717, 1.165) is 5.56 Å². The summed E-state index contributed by atoms with van der Waals surface area (Å²) >= 11 is 0. The minimum Gasteiger partial charge on any atom is -0.354 e. The van der Waals surface area contributed by atoms with E-state index in [1.54, 1.807) is 11.0 Å². The number of carbonyl (C=O) groups is 2. The number of hydrogen-bond donors (Lipinski definition) is 0. The van der Waals surface area contributed by atoms with Gasteiger partial charge in [0.05, 0.1) is 18.6 Å². The lowest BCUT2D eigenvalue weighted by atomic mass is 9.96. The Morgan fingerprint density at radius 1 is 1.39 bits per heavy atom. The smallest absolute Gasteiger partial charge is 0.236 e. The molecule has 0 spiro atoms. The molecule has 0 aliphatic carbocycles. The summed E-state index contributed by atoms with van der Waals surface area (Å²) in [5, 5.41) is 0. The van der Waals surface area contributed by atoms with Gasteiger partial charge in [0.1, 0.15) is 11.5 Å². The first kappa shape index (κ1) is 17.4. The van der Waals surface area contributed by atoms with Gasteiger partial charge in [0.15, 0.2) is 0 Å². The summed E-state index contributed by atoms with van der Waals surface area (Å²) in [5.74, 6) is -0.969. The number of amides is 1. The summed E-state index contributed by atoms with van der Waals surface area (Å²) in [4.78, 5) is 26.6. The zero-order chi connectivity index (χ0) is 17.0. The maximum Gasteiger partial charge on any atom is 0.236 e. The van der Waals surface area contributed by atoms with Crippen molar-refractivity contribution in [2.24, 2.45) is 5.92 Å². The van der Waals surface area contributed by atoms with Gasteiger partial charge in [0, 0.05) is 0 Å². The van der Waals surface area contributed by atoms with Gasteiger partial charge in [0.2, 0.25) is 5.91 Å². The van der Waals surface area contributed by atoms with E-state index in [1.807, 2.05) is 44.2 Å². The molecular weight excluding hydrogens is 290 g/mol. The fourth-order valence-corrected chi connectivity index (χ4v) is 3.14. The lowest BCUT2D eigenvalue weighted by Gasteiger charge is -2.35. The molecule has 2 rings (SSSR count). The van der Waals surface area contributed by atoms with Crippen LogP contribution >= 0.6 is 0 Å². The number of hydrogen-bond acceptors (Lipinski definition) is 3. The number of allylic oxidation sites excluding steroid dienone is 1. The van der Waals surface area contributed by atoms with Crippen molar-refractivity contribution in [3.05, 3.63) is 48.6 Å². The van der Waals surface area contributed by atoms with Crippen LogP contribution in [0.4, 0.5) is 0 Å². The zero-order valence-corrected chi connectivity index (χ0v) is 14.1. The molecule has 2 atom stereocenters. The van der Waals surface area contributed by atoms with E-state index >= 15 is 0 Å². The third-order valence-electron chi connectivity index (χ3n) is 4.32. The average molecular weight is 315 g/mol. The van der Waals surface area contributed by atoms with Crippen molar-refractivity contribution in [3.63, 3.8) is 0 Å². The highest BCUT2D eigenvalue weighted by Gasteiger charge is 2.46. The van der Waals surface area contributed by atoms with E-state index < -0.39 is 11.6 Å². The van der Waals surface area contributed by atoms with Crippen LogP contribution in [0.1, 0.15) is 32.8 Å². The second-order valence-corrected chi connectivity index (χ2v) is 6.50. The highest BCUT2D eigenvalue weighted by molar-refractivity contribution is 6.00. The van der Waals surface area contributed by atoms with Crippen molar-refractivity contribution in [2.45, 2.75) is 45.4 Å². The molecule has 124 valence electrons. The van der Waals surface area contributed by atoms with Crippen molar-refractivity contribution in [1.29, 1.82) is 0 Å². The molecule has 4 nitrogen and oxygen atoms in total. The van der Waals surface area contributed by atoms with E-state index in [-0.39, 0.29) is 17.7 Å².